The predicted octanol–water partition coefficient (Wildman–Crippen LogP) is 0.0309. The van der Waals surface area contributed by atoms with Crippen LogP contribution in [0.25, 0.3) is 0 Å². The summed E-state index contributed by atoms with van der Waals surface area (Å²) in [5, 5.41) is 20.5. The Morgan fingerprint density at radius 2 is 2.00 bits per heavy atom. The maximum Gasteiger partial charge on any atom is 0.328 e. The van der Waals surface area contributed by atoms with Crippen LogP contribution in [0, 0.1) is 0 Å². The molecule has 7 nitrogen and oxygen atoms in total. The number of aliphatic carboxylic acids is 1. The van der Waals surface area contributed by atoms with Crippen molar-refractivity contribution in [1.29, 1.82) is 0 Å². The van der Waals surface area contributed by atoms with E-state index in [9.17, 15) is 14.7 Å². The first-order chi connectivity index (χ1) is 8.95. The van der Waals surface area contributed by atoms with E-state index in [0.29, 0.717) is 19.7 Å². The number of nitrogens with one attached hydrogen (secondary N) is 1. The number of urea groups is 1. The maximum atomic E-state index is 11.9. The Labute approximate surface area is 112 Å². The number of amides is 2. The highest BCUT2D eigenvalue weighted by Crippen LogP contribution is 2.13. The summed E-state index contributed by atoms with van der Waals surface area (Å²) in [7, 11) is 0. The van der Waals surface area contributed by atoms with Gasteiger partial charge in [0, 0.05) is 19.7 Å². The highest BCUT2D eigenvalue weighted by Gasteiger charge is 2.29. The number of rotatable bonds is 5. The van der Waals surface area contributed by atoms with Crippen LogP contribution in [-0.4, -0.2) is 65.1 Å². The number of carbonyl (C=O) groups excluding carboxylic acids is 1. The van der Waals surface area contributed by atoms with Crippen LogP contribution in [-0.2, 0) is 9.53 Å². The first-order valence-corrected chi connectivity index (χ1v) is 6.53. The van der Waals surface area contributed by atoms with Crippen LogP contribution in [0.2, 0.25) is 0 Å². The van der Waals surface area contributed by atoms with Crippen molar-refractivity contribution < 1.29 is 24.5 Å². The van der Waals surface area contributed by atoms with Crippen LogP contribution in [0.5, 0.6) is 0 Å². The molecule has 0 spiro atoms. The quantitative estimate of drug-likeness (QED) is 0.657. The first-order valence-electron chi connectivity index (χ1n) is 6.53. The molecule has 0 aromatic rings. The van der Waals surface area contributed by atoms with Gasteiger partial charge in [-0.15, -0.1) is 0 Å². The Morgan fingerprint density at radius 1 is 1.42 bits per heavy atom. The van der Waals surface area contributed by atoms with Crippen molar-refractivity contribution >= 4 is 12.0 Å². The van der Waals surface area contributed by atoms with Crippen LogP contribution in [0.4, 0.5) is 4.79 Å². The second-order valence-electron chi connectivity index (χ2n) is 4.65. The van der Waals surface area contributed by atoms with Crippen molar-refractivity contribution in [3.05, 3.63) is 0 Å². The molecule has 0 aromatic heterocycles. The van der Waals surface area contributed by atoms with Gasteiger partial charge < -0.3 is 25.2 Å². The van der Waals surface area contributed by atoms with Gasteiger partial charge in [-0.05, 0) is 26.7 Å². The molecule has 3 N–H and O–H groups in total. The zero-order chi connectivity index (χ0) is 14.4. The van der Waals surface area contributed by atoms with Crippen molar-refractivity contribution in [3.8, 4) is 0 Å². The van der Waals surface area contributed by atoms with E-state index in [0.717, 1.165) is 12.8 Å². The number of aliphatic hydroxyl groups excluding tert-OH is 1. The molecule has 0 aliphatic carbocycles. The van der Waals surface area contributed by atoms with E-state index < -0.39 is 24.1 Å². The highest BCUT2D eigenvalue weighted by atomic mass is 16.5. The van der Waals surface area contributed by atoms with Crippen LogP contribution in [0.15, 0.2) is 0 Å². The number of hydrogen-bond acceptors (Lipinski definition) is 4. The maximum absolute atomic E-state index is 11.9. The fourth-order valence-corrected chi connectivity index (χ4v) is 2.07. The van der Waals surface area contributed by atoms with Crippen LogP contribution >= 0.6 is 0 Å². The predicted molar refractivity (Wildman–Crippen MR) is 67.9 cm³/mol. The summed E-state index contributed by atoms with van der Waals surface area (Å²) in [4.78, 5) is 24.3. The molecule has 2 unspecified atom stereocenters. The Balaban J connectivity index is 2.44. The summed E-state index contributed by atoms with van der Waals surface area (Å²) in [5.41, 5.74) is 0. The molecule has 1 aliphatic heterocycles. The third-order valence-corrected chi connectivity index (χ3v) is 3.16. The number of ether oxygens (including phenoxy) is 1. The fourth-order valence-electron chi connectivity index (χ4n) is 2.07. The lowest BCUT2D eigenvalue weighted by atomic mass is 10.1. The molecular formula is C12H22N2O5. The zero-order valence-electron chi connectivity index (χ0n) is 11.3. The van der Waals surface area contributed by atoms with E-state index in [-0.39, 0.29) is 6.10 Å². The first kappa shape index (κ1) is 15.7. The minimum atomic E-state index is -1.28. The van der Waals surface area contributed by atoms with Crippen molar-refractivity contribution in [1.82, 2.24) is 10.2 Å². The molecule has 7 heteroatoms. The zero-order valence-corrected chi connectivity index (χ0v) is 11.3. The molecular weight excluding hydrogens is 252 g/mol. The largest absolute Gasteiger partial charge is 0.480 e. The van der Waals surface area contributed by atoms with Crippen molar-refractivity contribution in [2.75, 3.05) is 19.7 Å². The van der Waals surface area contributed by atoms with E-state index in [4.69, 9.17) is 9.84 Å². The van der Waals surface area contributed by atoms with Crippen LogP contribution in [0.3, 0.4) is 0 Å². The third-order valence-electron chi connectivity index (χ3n) is 3.16. The molecule has 0 bridgehead atoms. The lowest BCUT2D eigenvalue weighted by molar-refractivity contribution is -0.141. The number of nitrogens with zero attached hydrogens (tertiary/aromatic N) is 1. The second-order valence-corrected chi connectivity index (χ2v) is 4.65. The Morgan fingerprint density at radius 3 is 2.42 bits per heavy atom. The SMILES string of the molecule is CCOC1CCN(C(=O)NC(C(=O)O)C(C)O)CC1. The van der Waals surface area contributed by atoms with Gasteiger partial charge in [0.1, 0.15) is 0 Å². The molecule has 1 heterocycles. The fraction of sp³-hybridized carbons (Fsp3) is 0.833. The molecule has 2 amide bonds. The molecule has 1 rings (SSSR count). The summed E-state index contributed by atoms with van der Waals surface area (Å²) in [6.45, 7) is 4.98. The molecule has 0 saturated carbocycles. The summed E-state index contributed by atoms with van der Waals surface area (Å²) in [6.07, 6.45) is 0.518. The smallest absolute Gasteiger partial charge is 0.328 e. The Hall–Kier alpha value is -1.34. The lowest BCUT2D eigenvalue weighted by Crippen LogP contribution is -2.54. The summed E-state index contributed by atoms with van der Waals surface area (Å²) < 4.78 is 5.48. The van der Waals surface area contributed by atoms with Gasteiger partial charge in [0.2, 0.25) is 0 Å². The average molecular weight is 274 g/mol. The molecule has 2 atom stereocenters. The van der Waals surface area contributed by atoms with Gasteiger partial charge in [-0.2, -0.15) is 0 Å². The van der Waals surface area contributed by atoms with Gasteiger partial charge >= 0.3 is 12.0 Å². The molecule has 0 aromatic carbocycles. The third kappa shape index (κ3) is 4.68. The van der Waals surface area contributed by atoms with Crippen molar-refractivity contribution in [2.45, 2.75) is 44.9 Å². The van der Waals surface area contributed by atoms with Crippen LogP contribution in [0.1, 0.15) is 26.7 Å². The van der Waals surface area contributed by atoms with Gasteiger partial charge in [-0.1, -0.05) is 0 Å². The molecule has 1 aliphatic rings. The topological polar surface area (TPSA) is 99.1 Å². The normalized spacial score (nSPS) is 19.8. The minimum Gasteiger partial charge on any atom is -0.480 e. The van der Waals surface area contributed by atoms with Gasteiger partial charge in [-0.25, -0.2) is 9.59 Å². The minimum absolute atomic E-state index is 0.168. The highest BCUT2D eigenvalue weighted by molar-refractivity contribution is 5.83. The average Bonchev–Trinajstić information content (AvgIpc) is 2.36. The Kier molecular flexibility index (Phi) is 6.04. The van der Waals surface area contributed by atoms with E-state index in [1.807, 2.05) is 6.92 Å². The number of likely N-dealkylation sites (tertiary alicyclic amines) is 1. The number of hydrogen-bond donors (Lipinski definition) is 3. The van der Waals surface area contributed by atoms with Gasteiger partial charge in [0.25, 0.3) is 0 Å². The number of carbonyl (C=O) groups is 2. The number of carboxylic acid groups (broad SMARTS) is 1. The monoisotopic (exact) mass is 274 g/mol. The molecule has 0 radical (unpaired) electrons. The van der Waals surface area contributed by atoms with Gasteiger partial charge in [0.05, 0.1) is 12.2 Å². The molecule has 1 fully saturated rings. The Bertz CT molecular complexity index is 313. The second kappa shape index (κ2) is 7.30. The molecule has 110 valence electrons. The number of carboxylic acids is 1. The standard InChI is InChI=1S/C12H22N2O5/c1-3-19-9-4-6-14(7-5-9)12(18)13-10(8(2)15)11(16)17/h8-10,15H,3-7H2,1-2H3,(H,13,18)(H,16,17). The van der Waals surface area contributed by atoms with E-state index in [1.165, 1.54) is 6.92 Å². The van der Waals surface area contributed by atoms with Crippen molar-refractivity contribution in [2.24, 2.45) is 0 Å². The summed E-state index contributed by atoms with van der Waals surface area (Å²) in [5.74, 6) is -1.24. The summed E-state index contributed by atoms with van der Waals surface area (Å²) >= 11 is 0. The lowest BCUT2D eigenvalue weighted by Gasteiger charge is -2.32. The van der Waals surface area contributed by atoms with E-state index in [2.05, 4.69) is 5.32 Å². The van der Waals surface area contributed by atoms with Crippen LogP contribution < -0.4 is 5.32 Å². The van der Waals surface area contributed by atoms with Crippen molar-refractivity contribution in [3.63, 3.8) is 0 Å². The molecule has 19 heavy (non-hydrogen) atoms. The number of aliphatic hydroxyl groups is 1. The number of piperidine rings is 1. The molecule has 1 saturated heterocycles. The van der Waals surface area contributed by atoms with Gasteiger partial charge in [-0.3, -0.25) is 0 Å². The van der Waals surface area contributed by atoms with E-state index in [1.54, 1.807) is 4.90 Å². The summed E-state index contributed by atoms with van der Waals surface area (Å²) in [6, 6.07) is -1.74. The van der Waals surface area contributed by atoms with E-state index >= 15 is 0 Å². The van der Waals surface area contributed by atoms with Gasteiger partial charge in [0.15, 0.2) is 6.04 Å².